The van der Waals surface area contributed by atoms with Gasteiger partial charge in [-0.15, -0.1) is 13.2 Å². The molecule has 0 bridgehead atoms. The molecule has 2 aliphatic rings. The molecule has 0 saturated carbocycles. The Hall–Kier alpha value is -2.70. The lowest BCUT2D eigenvalue weighted by atomic mass is 10.0. The lowest BCUT2D eigenvalue weighted by molar-refractivity contribution is -0.274. The van der Waals surface area contributed by atoms with Gasteiger partial charge in [0.2, 0.25) is 0 Å². The smallest absolute Gasteiger partial charge is 0.497 e. The van der Waals surface area contributed by atoms with E-state index in [-0.39, 0.29) is 11.7 Å². The highest BCUT2D eigenvalue weighted by Crippen LogP contribution is 2.32. The fraction of sp³-hybridized carbons (Fsp3) is 0.381. The predicted octanol–water partition coefficient (Wildman–Crippen LogP) is 5.13. The number of methoxy groups -OCH3 is 1. The Morgan fingerprint density at radius 3 is 2.36 bits per heavy atom. The number of carbonyl (C=O) groups excluding carboxylic acids is 1. The predicted molar refractivity (Wildman–Crippen MR) is 100 cm³/mol. The SMILES string of the molecule is CC.COC1=CCC(C)=C2C(=O)N(Cc3ccc(OC(F)(F)F)cc3)CC2=C1. The molecule has 0 radical (unpaired) electrons. The molecule has 1 heterocycles. The van der Waals surface area contributed by atoms with Gasteiger partial charge in [0.15, 0.2) is 0 Å². The number of halogens is 3. The zero-order valence-corrected chi connectivity index (χ0v) is 16.4. The van der Waals surface area contributed by atoms with Crippen molar-refractivity contribution < 1.29 is 27.4 Å². The summed E-state index contributed by atoms with van der Waals surface area (Å²) >= 11 is 0. The first-order valence-corrected chi connectivity index (χ1v) is 9.05. The maximum Gasteiger partial charge on any atom is 0.573 e. The van der Waals surface area contributed by atoms with Crippen molar-refractivity contribution in [3.8, 4) is 5.75 Å². The molecule has 1 saturated heterocycles. The standard InChI is InChI=1S/C19H18F3NO3.C2H6/c1-12-3-6-16(25-2)9-14-11-23(18(24)17(12)14)10-13-4-7-15(8-5-13)26-19(20,21)22;1-2/h4-9H,3,10-11H2,1-2H3;1-2H3. The number of ether oxygens (including phenoxy) is 2. The quantitative estimate of drug-likeness (QED) is 0.709. The second kappa shape index (κ2) is 8.99. The van der Waals surface area contributed by atoms with E-state index in [9.17, 15) is 18.0 Å². The molecule has 152 valence electrons. The third kappa shape index (κ3) is 5.18. The van der Waals surface area contributed by atoms with Gasteiger partial charge in [0.25, 0.3) is 5.91 Å². The second-order valence-corrected chi connectivity index (χ2v) is 6.19. The van der Waals surface area contributed by atoms with Crippen LogP contribution in [-0.4, -0.2) is 30.8 Å². The van der Waals surface area contributed by atoms with Crippen LogP contribution in [0.15, 0.2) is 58.9 Å². The third-order valence-corrected chi connectivity index (χ3v) is 4.30. The summed E-state index contributed by atoms with van der Waals surface area (Å²) in [5.41, 5.74) is 3.30. The molecule has 1 aliphatic heterocycles. The largest absolute Gasteiger partial charge is 0.573 e. The van der Waals surface area contributed by atoms with E-state index in [1.54, 1.807) is 12.0 Å². The number of amides is 1. The maximum atomic E-state index is 12.7. The van der Waals surface area contributed by atoms with Crippen molar-refractivity contribution >= 4 is 5.91 Å². The van der Waals surface area contributed by atoms with Crippen LogP contribution in [0, 0.1) is 0 Å². The van der Waals surface area contributed by atoms with E-state index in [0.717, 1.165) is 22.5 Å². The summed E-state index contributed by atoms with van der Waals surface area (Å²) in [4.78, 5) is 14.4. The van der Waals surface area contributed by atoms with Crippen molar-refractivity contribution in [2.45, 2.75) is 40.1 Å². The number of allylic oxidation sites excluding steroid dienone is 3. The Morgan fingerprint density at radius 1 is 1.14 bits per heavy atom. The Kier molecular flexibility index (Phi) is 6.94. The summed E-state index contributed by atoms with van der Waals surface area (Å²) in [7, 11) is 1.59. The first-order chi connectivity index (χ1) is 13.3. The van der Waals surface area contributed by atoms with Crippen LogP contribution in [0.3, 0.4) is 0 Å². The molecule has 0 aromatic heterocycles. The molecule has 0 unspecified atom stereocenters. The molecule has 1 fully saturated rings. The van der Waals surface area contributed by atoms with Crippen molar-refractivity contribution in [2.75, 3.05) is 13.7 Å². The highest BCUT2D eigenvalue weighted by molar-refractivity contribution is 6.02. The van der Waals surface area contributed by atoms with E-state index in [2.05, 4.69) is 4.74 Å². The van der Waals surface area contributed by atoms with E-state index >= 15 is 0 Å². The fourth-order valence-corrected chi connectivity index (χ4v) is 3.10. The minimum atomic E-state index is -4.72. The van der Waals surface area contributed by atoms with Crippen LogP contribution < -0.4 is 4.74 Å². The minimum Gasteiger partial charge on any atom is -0.497 e. The molecule has 4 nitrogen and oxygen atoms in total. The summed E-state index contributed by atoms with van der Waals surface area (Å²) in [6.45, 7) is 6.67. The molecule has 0 spiro atoms. The van der Waals surface area contributed by atoms with Crippen LogP contribution in [-0.2, 0) is 16.1 Å². The number of rotatable bonds is 4. The van der Waals surface area contributed by atoms with Gasteiger partial charge in [-0.3, -0.25) is 4.79 Å². The van der Waals surface area contributed by atoms with Crippen molar-refractivity contribution in [3.05, 3.63) is 64.5 Å². The highest BCUT2D eigenvalue weighted by Gasteiger charge is 2.33. The Morgan fingerprint density at radius 2 is 1.79 bits per heavy atom. The molecule has 1 aromatic rings. The monoisotopic (exact) mass is 395 g/mol. The molecule has 1 aromatic carbocycles. The summed E-state index contributed by atoms with van der Waals surface area (Å²) in [6.07, 6.45) is -0.278. The van der Waals surface area contributed by atoms with E-state index < -0.39 is 6.36 Å². The van der Waals surface area contributed by atoms with Gasteiger partial charge in [0, 0.05) is 18.7 Å². The van der Waals surface area contributed by atoms with Crippen LogP contribution in [0.25, 0.3) is 0 Å². The summed E-state index contributed by atoms with van der Waals surface area (Å²) < 4.78 is 45.8. The first-order valence-electron chi connectivity index (χ1n) is 9.05. The Balaban J connectivity index is 0.00000136. The van der Waals surface area contributed by atoms with Gasteiger partial charge in [-0.1, -0.05) is 31.6 Å². The average molecular weight is 395 g/mol. The summed E-state index contributed by atoms with van der Waals surface area (Å²) in [6, 6.07) is 5.55. The number of nitrogens with zero attached hydrogens (tertiary/aromatic N) is 1. The van der Waals surface area contributed by atoms with Gasteiger partial charge >= 0.3 is 6.36 Å². The molecule has 3 rings (SSSR count). The lowest BCUT2D eigenvalue weighted by Crippen LogP contribution is -2.25. The van der Waals surface area contributed by atoms with Gasteiger partial charge in [-0.05, 0) is 48.8 Å². The van der Waals surface area contributed by atoms with Gasteiger partial charge in [-0.25, -0.2) is 0 Å². The highest BCUT2D eigenvalue weighted by atomic mass is 19.4. The molecular formula is C21H24F3NO3. The number of benzene rings is 1. The van der Waals surface area contributed by atoms with E-state index in [1.807, 2.05) is 32.9 Å². The molecule has 7 heteroatoms. The van der Waals surface area contributed by atoms with Crippen molar-refractivity contribution in [3.63, 3.8) is 0 Å². The molecule has 0 atom stereocenters. The van der Waals surface area contributed by atoms with Crippen LogP contribution in [0.4, 0.5) is 13.2 Å². The van der Waals surface area contributed by atoms with E-state index in [4.69, 9.17) is 4.74 Å². The molecule has 1 amide bonds. The Bertz CT molecular complexity index is 805. The van der Waals surface area contributed by atoms with Crippen LogP contribution >= 0.6 is 0 Å². The molecule has 1 aliphatic carbocycles. The average Bonchev–Trinajstić information content (AvgIpc) is 2.85. The number of likely N-dealkylation sites (tertiary alicyclic amines) is 1. The summed E-state index contributed by atoms with van der Waals surface area (Å²) in [5, 5.41) is 0. The summed E-state index contributed by atoms with van der Waals surface area (Å²) in [5.74, 6) is 0.364. The number of fused-ring (bicyclic) bond motifs is 1. The van der Waals surface area contributed by atoms with Gasteiger partial charge in [0.1, 0.15) is 11.5 Å². The molecule has 0 N–H and O–H groups in total. The van der Waals surface area contributed by atoms with E-state index in [1.165, 1.54) is 24.3 Å². The Labute approximate surface area is 162 Å². The zero-order chi connectivity index (χ0) is 20.9. The normalized spacial score (nSPS) is 16.5. The molecule has 28 heavy (non-hydrogen) atoms. The zero-order valence-electron chi connectivity index (χ0n) is 16.4. The first kappa shape index (κ1) is 21.6. The van der Waals surface area contributed by atoms with Crippen molar-refractivity contribution in [2.24, 2.45) is 0 Å². The van der Waals surface area contributed by atoms with Crippen molar-refractivity contribution in [1.82, 2.24) is 4.90 Å². The second-order valence-electron chi connectivity index (χ2n) is 6.19. The number of alkyl halides is 3. The number of carbonyl (C=O) groups is 1. The number of hydrogen-bond acceptors (Lipinski definition) is 3. The fourth-order valence-electron chi connectivity index (χ4n) is 3.10. The van der Waals surface area contributed by atoms with Crippen LogP contribution in [0.2, 0.25) is 0 Å². The van der Waals surface area contributed by atoms with Crippen molar-refractivity contribution in [1.29, 1.82) is 0 Å². The molecular weight excluding hydrogens is 371 g/mol. The third-order valence-electron chi connectivity index (χ3n) is 4.30. The van der Waals surface area contributed by atoms with Gasteiger partial charge in [-0.2, -0.15) is 0 Å². The minimum absolute atomic E-state index is 0.0740. The topological polar surface area (TPSA) is 38.8 Å². The van der Waals surface area contributed by atoms with Gasteiger partial charge in [0.05, 0.1) is 7.11 Å². The lowest BCUT2D eigenvalue weighted by Gasteiger charge is -2.16. The number of hydrogen-bond donors (Lipinski definition) is 0. The van der Waals surface area contributed by atoms with Gasteiger partial charge < -0.3 is 14.4 Å². The van der Waals surface area contributed by atoms with E-state index in [0.29, 0.717) is 25.1 Å². The van der Waals surface area contributed by atoms with Crippen LogP contribution in [0.1, 0.15) is 32.8 Å². The van der Waals surface area contributed by atoms with Crippen LogP contribution in [0.5, 0.6) is 5.75 Å². The maximum absolute atomic E-state index is 12.7.